The van der Waals surface area contributed by atoms with Gasteiger partial charge in [0.15, 0.2) is 0 Å². The van der Waals surface area contributed by atoms with Gasteiger partial charge in [0.05, 0.1) is 11.6 Å². The van der Waals surface area contributed by atoms with Crippen LogP contribution < -0.4 is 5.73 Å². The van der Waals surface area contributed by atoms with Crippen molar-refractivity contribution in [3.8, 4) is 6.07 Å². The maximum absolute atomic E-state index is 12.6. The molecule has 1 rings (SSSR count). The van der Waals surface area contributed by atoms with E-state index in [4.69, 9.17) is 11.0 Å². The topological polar surface area (TPSA) is 49.8 Å². The molecule has 4 heteroatoms. The van der Waals surface area contributed by atoms with Crippen molar-refractivity contribution in [2.75, 3.05) is 0 Å². The van der Waals surface area contributed by atoms with E-state index in [1.807, 2.05) is 6.07 Å². The number of alkyl halides is 2. The zero-order valence-corrected chi connectivity index (χ0v) is 7.67. The highest BCUT2D eigenvalue weighted by atomic mass is 19.3. The van der Waals surface area contributed by atoms with Crippen molar-refractivity contribution in [1.29, 1.82) is 5.26 Å². The van der Waals surface area contributed by atoms with Crippen LogP contribution in [0.2, 0.25) is 0 Å². The molecule has 0 spiro atoms. The average Bonchev–Trinajstić information content (AvgIpc) is 2.17. The standard InChI is InChI=1S/C10H10F2N2/c1-10(14,9(11)12)8-5-3-2-4-7(8)6-13/h2-5,9H,14H2,1H3. The lowest BCUT2D eigenvalue weighted by molar-refractivity contribution is 0.0624. The van der Waals surface area contributed by atoms with Crippen molar-refractivity contribution in [2.45, 2.75) is 18.9 Å². The van der Waals surface area contributed by atoms with Gasteiger partial charge in [0, 0.05) is 0 Å². The highest BCUT2D eigenvalue weighted by molar-refractivity contribution is 5.41. The van der Waals surface area contributed by atoms with Crippen LogP contribution in [0.4, 0.5) is 8.78 Å². The van der Waals surface area contributed by atoms with E-state index in [0.717, 1.165) is 0 Å². The molecule has 2 N–H and O–H groups in total. The van der Waals surface area contributed by atoms with Gasteiger partial charge in [0.25, 0.3) is 6.43 Å². The number of halogens is 2. The molecule has 0 saturated carbocycles. The van der Waals surface area contributed by atoms with Gasteiger partial charge in [-0.15, -0.1) is 0 Å². The van der Waals surface area contributed by atoms with E-state index in [0.29, 0.717) is 0 Å². The zero-order valence-electron chi connectivity index (χ0n) is 7.67. The van der Waals surface area contributed by atoms with Gasteiger partial charge in [-0.3, -0.25) is 0 Å². The van der Waals surface area contributed by atoms with E-state index < -0.39 is 12.0 Å². The summed E-state index contributed by atoms with van der Waals surface area (Å²) in [4.78, 5) is 0. The molecular formula is C10H10F2N2. The molecule has 0 aromatic heterocycles. The largest absolute Gasteiger partial charge is 0.317 e. The first-order chi connectivity index (χ1) is 6.50. The number of hydrogen-bond acceptors (Lipinski definition) is 2. The van der Waals surface area contributed by atoms with Gasteiger partial charge in [0.1, 0.15) is 5.54 Å². The fraction of sp³-hybridized carbons (Fsp3) is 0.300. The summed E-state index contributed by atoms with van der Waals surface area (Å²) in [5.41, 5.74) is 4.06. The van der Waals surface area contributed by atoms with E-state index in [1.165, 1.54) is 19.1 Å². The van der Waals surface area contributed by atoms with Crippen LogP contribution in [0.3, 0.4) is 0 Å². The third-order valence-electron chi connectivity index (χ3n) is 2.08. The number of nitriles is 1. The predicted octanol–water partition coefficient (Wildman–Crippen LogP) is 2.00. The smallest absolute Gasteiger partial charge is 0.260 e. The quantitative estimate of drug-likeness (QED) is 0.786. The normalized spacial score (nSPS) is 14.9. The maximum atomic E-state index is 12.6. The molecule has 1 unspecified atom stereocenters. The van der Waals surface area contributed by atoms with E-state index in [-0.39, 0.29) is 11.1 Å². The van der Waals surface area contributed by atoms with Crippen molar-refractivity contribution >= 4 is 0 Å². The summed E-state index contributed by atoms with van der Waals surface area (Å²) in [6.07, 6.45) is -2.70. The Kier molecular flexibility index (Phi) is 2.82. The molecule has 14 heavy (non-hydrogen) atoms. The van der Waals surface area contributed by atoms with Crippen LogP contribution in [0.15, 0.2) is 24.3 Å². The third kappa shape index (κ3) is 1.73. The molecule has 1 atom stereocenters. The van der Waals surface area contributed by atoms with Crippen LogP contribution in [-0.4, -0.2) is 6.43 Å². The first-order valence-corrected chi connectivity index (χ1v) is 4.06. The fourth-order valence-electron chi connectivity index (χ4n) is 1.17. The van der Waals surface area contributed by atoms with Crippen molar-refractivity contribution in [1.82, 2.24) is 0 Å². The van der Waals surface area contributed by atoms with Crippen LogP contribution in [0.1, 0.15) is 18.1 Å². The lowest BCUT2D eigenvalue weighted by Gasteiger charge is -2.24. The molecule has 0 fully saturated rings. The van der Waals surface area contributed by atoms with E-state index in [2.05, 4.69) is 0 Å². The maximum Gasteiger partial charge on any atom is 0.260 e. The molecule has 0 aliphatic carbocycles. The van der Waals surface area contributed by atoms with Crippen molar-refractivity contribution in [2.24, 2.45) is 5.73 Å². The second kappa shape index (κ2) is 3.72. The summed E-state index contributed by atoms with van der Waals surface area (Å²) in [5, 5.41) is 8.71. The minimum absolute atomic E-state index is 0.178. The molecule has 0 aliphatic heterocycles. The second-order valence-electron chi connectivity index (χ2n) is 3.24. The summed E-state index contributed by atoms with van der Waals surface area (Å²) in [6, 6.07) is 7.97. The SMILES string of the molecule is CC(N)(c1ccccc1C#N)C(F)F. The number of nitrogens with zero attached hydrogens (tertiary/aromatic N) is 1. The molecule has 0 aliphatic rings. The highest BCUT2D eigenvalue weighted by Gasteiger charge is 2.34. The van der Waals surface area contributed by atoms with Gasteiger partial charge in [-0.2, -0.15) is 5.26 Å². The molecule has 2 nitrogen and oxygen atoms in total. The minimum Gasteiger partial charge on any atom is -0.317 e. The van der Waals surface area contributed by atoms with Crippen molar-refractivity contribution < 1.29 is 8.78 Å². The molecule has 0 amide bonds. The molecule has 1 aromatic rings. The zero-order chi connectivity index (χ0) is 10.8. The van der Waals surface area contributed by atoms with Crippen LogP contribution in [0.5, 0.6) is 0 Å². The van der Waals surface area contributed by atoms with Gasteiger partial charge >= 0.3 is 0 Å². The predicted molar refractivity (Wildman–Crippen MR) is 48.7 cm³/mol. The molecular weight excluding hydrogens is 186 g/mol. The van der Waals surface area contributed by atoms with Crippen LogP contribution in [0.25, 0.3) is 0 Å². The minimum atomic E-state index is -2.70. The Morgan fingerprint density at radius 3 is 2.50 bits per heavy atom. The number of hydrogen-bond donors (Lipinski definition) is 1. The van der Waals surface area contributed by atoms with Gasteiger partial charge in [-0.25, -0.2) is 8.78 Å². The Labute approximate surface area is 81.0 Å². The molecule has 0 heterocycles. The third-order valence-corrected chi connectivity index (χ3v) is 2.08. The Hall–Kier alpha value is -1.47. The number of rotatable bonds is 2. The molecule has 0 bridgehead atoms. The Bertz CT molecular complexity index is 367. The Balaban J connectivity index is 3.26. The summed E-state index contributed by atoms with van der Waals surface area (Å²) in [7, 11) is 0. The number of benzene rings is 1. The molecule has 1 aromatic carbocycles. The molecule has 74 valence electrons. The lowest BCUT2D eigenvalue weighted by Crippen LogP contribution is -2.41. The van der Waals surface area contributed by atoms with Crippen LogP contribution >= 0.6 is 0 Å². The van der Waals surface area contributed by atoms with Crippen molar-refractivity contribution in [3.05, 3.63) is 35.4 Å². The van der Waals surface area contributed by atoms with E-state index in [9.17, 15) is 8.78 Å². The fourth-order valence-corrected chi connectivity index (χ4v) is 1.17. The first kappa shape index (κ1) is 10.6. The summed E-state index contributed by atoms with van der Waals surface area (Å²) >= 11 is 0. The van der Waals surface area contributed by atoms with Crippen LogP contribution in [0, 0.1) is 11.3 Å². The molecule has 0 saturated heterocycles. The summed E-state index contributed by atoms with van der Waals surface area (Å²) < 4.78 is 25.2. The van der Waals surface area contributed by atoms with Crippen LogP contribution in [-0.2, 0) is 5.54 Å². The summed E-state index contributed by atoms with van der Waals surface area (Å²) in [6.45, 7) is 1.22. The number of nitrogens with two attached hydrogens (primary N) is 1. The van der Waals surface area contributed by atoms with Gasteiger partial charge in [-0.1, -0.05) is 18.2 Å². The first-order valence-electron chi connectivity index (χ1n) is 4.06. The average molecular weight is 196 g/mol. The summed E-state index contributed by atoms with van der Waals surface area (Å²) in [5.74, 6) is 0. The van der Waals surface area contributed by atoms with E-state index in [1.54, 1.807) is 12.1 Å². The van der Waals surface area contributed by atoms with Gasteiger partial charge in [-0.05, 0) is 18.6 Å². The molecule has 0 radical (unpaired) electrons. The van der Waals surface area contributed by atoms with Gasteiger partial charge in [0.2, 0.25) is 0 Å². The van der Waals surface area contributed by atoms with Gasteiger partial charge < -0.3 is 5.73 Å². The Morgan fingerprint density at radius 1 is 1.43 bits per heavy atom. The Morgan fingerprint density at radius 2 is 2.00 bits per heavy atom. The second-order valence-corrected chi connectivity index (χ2v) is 3.24. The van der Waals surface area contributed by atoms with Crippen molar-refractivity contribution in [3.63, 3.8) is 0 Å². The monoisotopic (exact) mass is 196 g/mol. The highest BCUT2D eigenvalue weighted by Crippen LogP contribution is 2.27. The van der Waals surface area contributed by atoms with E-state index >= 15 is 0 Å². The lowest BCUT2D eigenvalue weighted by atomic mass is 9.90.